The average molecular weight is 298 g/mol. The van der Waals surface area contributed by atoms with Gasteiger partial charge in [-0.05, 0) is 11.6 Å². The molecule has 0 atom stereocenters. The molecule has 0 fully saturated rings. The number of carbonyl (C=O) groups excluding carboxylic acids is 1. The Balaban J connectivity index is 3.44. The Kier molecular flexibility index (Phi) is 4.98. The minimum absolute atomic E-state index is 0.325. The fourth-order valence-electron chi connectivity index (χ4n) is 1.61. The summed E-state index contributed by atoms with van der Waals surface area (Å²) in [6, 6.07) is 0.952. The molecular formula is C11H11F5N2O2. The molecule has 0 aromatic carbocycles. The van der Waals surface area contributed by atoms with Crippen molar-refractivity contribution < 1.29 is 31.5 Å². The number of methoxy groups -OCH3 is 1. The van der Waals surface area contributed by atoms with Crippen molar-refractivity contribution >= 4 is 5.97 Å². The van der Waals surface area contributed by atoms with Crippen molar-refractivity contribution in [1.82, 2.24) is 4.98 Å². The zero-order chi connectivity index (χ0) is 15.5. The van der Waals surface area contributed by atoms with Gasteiger partial charge in [-0.15, -0.1) is 0 Å². The predicted molar refractivity (Wildman–Crippen MR) is 57.8 cm³/mol. The van der Waals surface area contributed by atoms with Gasteiger partial charge >= 0.3 is 12.1 Å². The van der Waals surface area contributed by atoms with Crippen molar-refractivity contribution in [1.29, 1.82) is 0 Å². The number of carbonyl (C=O) groups is 1. The van der Waals surface area contributed by atoms with Gasteiger partial charge in [0, 0.05) is 6.54 Å². The molecule has 112 valence electrons. The zero-order valence-corrected chi connectivity index (χ0v) is 10.3. The lowest BCUT2D eigenvalue weighted by Gasteiger charge is -2.16. The van der Waals surface area contributed by atoms with Crippen molar-refractivity contribution in [3.63, 3.8) is 0 Å². The van der Waals surface area contributed by atoms with Gasteiger partial charge in [-0.1, -0.05) is 0 Å². The Morgan fingerprint density at radius 1 is 1.45 bits per heavy atom. The number of nitrogens with zero attached hydrogens (tertiary/aromatic N) is 1. The normalized spacial score (nSPS) is 11.8. The zero-order valence-electron chi connectivity index (χ0n) is 10.3. The van der Waals surface area contributed by atoms with Gasteiger partial charge in [0.1, 0.15) is 0 Å². The molecule has 0 spiro atoms. The molecule has 20 heavy (non-hydrogen) atoms. The van der Waals surface area contributed by atoms with E-state index in [0.717, 1.165) is 13.2 Å². The topological polar surface area (TPSA) is 65.2 Å². The third-order valence-corrected chi connectivity index (χ3v) is 2.46. The highest BCUT2D eigenvalue weighted by Crippen LogP contribution is 2.37. The molecular weight excluding hydrogens is 287 g/mol. The molecule has 1 aromatic heterocycles. The molecule has 0 saturated carbocycles. The van der Waals surface area contributed by atoms with Crippen LogP contribution >= 0.6 is 0 Å². The molecule has 4 nitrogen and oxygen atoms in total. The maximum atomic E-state index is 12.8. The van der Waals surface area contributed by atoms with Gasteiger partial charge in [0.25, 0.3) is 6.43 Å². The lowest BCUT2D eigenvalue weighted by atomic mass is 10.0. The van der Waals surface area contributed by atoms with E-state index in [0.29, 0.717) is 0 Å². The van der Waals surface area contributed by atoms with Gasteiger partial charge in [-0.2, -0.15) is 13.2 Å². The summed E-state index contributed by atoms with van der Waals surface area (Å²) in [5.41, 5.74) is 1.48. The number of aromatic nitrogens is 1. The number of ether oxygens (including phenoxy) is 1. The number of nitrogens with two attached hydrogens (primary N) is 1. The number of hydrogen-bond donors (Lipinski definition) is 1. The van der Waals surface area contributed by atoms with E-state index >= 15 is 0 Å². The fourth-order valence-corrected chi connectivity index (χ4v) is 1.61. The number of rotatable bonds is 4. The standard InChI is InChI=1S/C11H11F5N2O2/c1-20-7(19)3-6-2-5(4-17)8(10(12)13)9(18-6)11(14,15)16/h2,10H,3-4,17H2,1H3. The van der Waals surface area contributed by atoms with Crippen LogP contribution in [0.2, 0.25) is 0 Å². The predicted octanol–water partition coefficient (Wildman–Crippen LogP) is 2.21. The van der Waals surface area contributed by atoms with E-state index in [1.54, 1.807) is 0 Å². The van der Waals surface area contributed by atoms with E-state index in [-0.39, 0.29) is 5.69 Å². The number of pyridine rings is 1. The quantitative estimate of drug-likeness (QED) is 0.683. The van der Waals surface area contributed by atoms with Crippen molar-refractivity contribution in [2.45, 2.75) is 25.6 Å². The lowest BCUT2D eigenvalue weighted by Crippen LogP contribution is -2.19. The van der Waals surface area contributed by atoms with Gasteiger partial charge in [0.05, 0.1) is 24.8 Å². The van der Waals surface area contributed by atoms with Crippen molar-refractivity contribution in [2.75, 3.05) is 7.11 Å². The first-order chi connectivity index (χ1) is 9.20. The summed E-state index contributed by atoms with van der Waals surface area (Å²) in [5.74, 6) is -0.835. The summed E-state index contributed by atoms with van der Waals surface area (Å²) in [6.45, 7) is -0.528. The third kappa shape index (κ3) is 3.62. The van der Waals surface area contributed by atoms with Crippen molar-refractivity contribution in [3.05, 3.63) is 28.6 Å². The van der Waals surface area contributed by atoms with Gasteiger partial charge in [0.15, 0.2) is 5.69 Å². The van der Waals surface area contributed by atoms with E-state index in [4.69, 9.17) is 5.73 Å². The molecule has 0 aliphatic rings. The highest BCUT2D eigenvalue weighted by Gasteiger charge is 2.39. The van der Waals surface area contributed by atoms with Crippen molar-refractivity contribution in [3.8, 4) is 0 Å². The summed E-state index contributed by atoms with van der Waals surface area (Å²) in [6.07, 6.45) is -9.00. The van der Waals surface area contributed by atoms with Crippen LogP contribution in [0.3, 0.4) is 0 Å². The van der Waals surface area contributed by atoms with E-state index in [1.807, 2.05) is 0 Å². The Hall–Kier alpha value is -1.77. The van der Waals surface area contributed by atoms with Crippen LogP contribution in [0.15, 0.2) is 6.07 Å². The smallest absolute Gasteiger partial charge is 0.433 e. The van der Waals surface area contributed by atoms with Crippen LogP contribution in [0.4, 0.5) is 22.0 Å². The van der Waals surface area contributed by atoms with E-state index in [2.05, 4.69) is 9.72 Å². The molecule has 0 aliphatic heterocycles. The summed E-state index contributed by atoms with van der Waals surface area (Å²) in [4.78, 5) is 14.1. The molecule has 1 heterocycles. The highest BCUT2D eigenvalue weighted by atomic mass is 19.4. The van der Waals surface area contributed by atoms with Gasteiger partial charge in [0.2, 0.25) is 0 Å². The maximum Gasteiger partial charge on any atom is 0.433 e. The van der Waals surface area contributed by atoms with Gasteiger partial charge < -0.3 is 10.5 Å². The monoisotopic (exact) mass is 298 g/mol. The minimum Gasteiger partial charge on any atom is -0.469 e. The largest absolute Gasteiger partial charge is 0.469 e. The second-order valence-electron chi connectivity index (χ2n) is 3.79. The van der Waals surface area contributed by atoms with Gasteiger partial charge in [-0.25, -0.2) is 13.8 Å². The second-order valence-corrected chi connectivity index (χ2v) is 3.79. The maximum absolute atomic E-state index is 12.8. The van der Waals surface area contributed by atoms with Crippen LogP contribution in [0.1, 0.15) is 28.9 Å². The number of esters is 1. The van der Waals surface area contributed by atoms with E-state index in [1.165, 1.54) is 0 Å². The second kappa shape index (κ2) is 6.12. The molecule has 0 aliphatic carbocycles. The Bertz CT molecular complexity index is 502. The Morgan fingerprint density at radius 3 is 2.45 bits per heavy atom. The summed E-state index contributed by atoms with van der Waals surface area (Å²) >= 11 is 0. The van der Waals surface area contributed by atoms with E-state index in [9.17, 15) is 26.7 Å². The molecule has 0 unspecified atom stereocenters. The summed E-state index contributed by atoms with van der Waals surface area (Å²) < 4.78 is 68.2. The van der Waals surface area contributed by atoms with Crippen LogP contribution in [0.25, 0.3) is 0 Å². The number of halogens is 5. The average Bonchev–Trinajstić information content (AvgIpc) is 2.36. The first-order valence-electron chi connectivity index (χ1n) is 5.35. The minimum atomic E-state index is -5.07. The molecule has 0 saturated heterocycles. The first-order valence-corrected chi connectivity index (χ1v) is 5.35. The van der Waals surface area contributed by atoms with Crippen LogP contribution in [-0.2, 0) is 28.7 Å². The molecule has 1 aromatic rings. The summed E-state index contributed by atoms with van der Waals surface area (Å²) in [7, 11) is 1.05. The fraction of sp³-hybridized carbons (Fsp3) is 0.455. The molecule has 0 amide bonds. The van der Waals surface area contributed by atoms with Crippen LogP contribution in [0, 0.1) is 0 Å². The van der Waals surface area contributed by atoms with Crippen LogP contribution in [0.5, 0.6) is 0 Å². The Morgan fingerprint density at radius 2 is 2.05 bits per heavy atom. The molecule has 0 bridgehead atoms. The van der Waals surface area contributed by atoms with Gasteiger partial charge in [-0.3, -0.25) is 4.79 Å². The molecule has 0 radical (unpaired) electrons. The third-order valence-electron chi connectivity index (χ3n) is 2.46. The lowest BCUT2D eigenvalue weighted by molar-refractivity contribution is -0.144. The number of alkyl halides is 5. The SMILES string of the molecule is COC(=O)Cc1cc(CN)c(C(F)F)c(C(F)(F)F)n1. The molecule has 1 rings (SSSR count). The first kappa shape index (κ1) is 16.3. The summed E-state index contributed by atoms with van der Waals surface area (Å²) in [5, 5.41) is 0. The molecule has 9 heteroatoms. The van der Waals surface area contributed by atoms with E-state index < -0.39 is 48.4 Å². The molecule has 2 N–H and O–H groups in total. The van der Waals surface area contributed by atoms with Crippen LogP contribution in [-0.4, -0.2) is 18.1 Å². The Labute approximate surface area is 110 Å². The number of hydrogen-bond acceptors (Lipinski definition) is 4. The van der Waals surface area contributed by atoms with Crippen molar-refractivity contribution in [2.24, 2.45) is 5.73 Å². The van der Waals surface area contributed by atoms with Crippen LogP contribution < -0.4 is 5.73 Å². The highest BCUT2D eigenvalue weighted by molar-refractivity contribution is 5.71.